The van der Waals surface area contributed by atoms with E-state index in [1.165, 1.54) is 0 Å². The van der Waals surface area contributed by atoms with Crippen molar-refractivity contribution < 1.29 is 0 Å². The number of benzene rings is 2. The lowest BCUT2D eigenvalue weighted by molar-refractivity contribution is 1.43. The minimum Gasteiger partial charge on any atom is -0.370 e. The van der Waals surface area contributed by atoms with Crippen LogP contribution in [0.3, 0.4) is 0 Å². The van der Waals surface area contributed by atoms with Crippen molar-refractivity contribution in [1.82, 2.24) is 0 Å². The van der Waals surface area contributed by atoms with Crippen molar-refractivity contribution >= 4 is 38.3 Å². The molecule has 3 nitrogen and oxygen atoms in total. The van der Waals surface area contributed by atoms with Crippen LogP contribution in [0.25, 0.3) is 10.8 Å². The number of nitrogens with zero attached hydrogens (tertiary/aromatic N) is 1. The minimum absolute atomic E-state index is 0.0754. The van der Waals surface area contributed by atoms with E-state index < -0.39 is 0 Å². The zero-order chi connectivity index (χ0) is 10.8. The molecule has 2 aromatic carbocycles. The topological polar surface area (TPSA) is 64.4 Å². The number of aliphatic imine (C=N–C) groups is 1. The largest absolute Gasteiger partial charge is 0.370 e. The lowest BCUT2D eigenvalue weighted by Crippen LogP contribution is -2.21. The van der Waals surface area contributed by atoms with Crippen LogP contribution in [-0.4, -0.2) is 5.96 Å². The van der Waals surface area contributed by atoms with Crippen LogP contribution in [0.15, 0.2) is 45.9 Å². The molecule has 15 heavy (non-hydrogen) atoms. The Kier molecular flexibility index (Phi) is 2.60. The van der Waals surface area contributed by atoms with E-state index in [0.29, 0.717) is 0 Å². The highest BCUT2D eigenvalue weighted by Crippen LogP contribution is 2.24. The van der Waals surface area contributed by atoms with Gasteiger partial charge in [0, 0.05) is 4.47 Å². The lowest BCUT2D eigenvalue weighted by Gasteiger charge is -2.00. The second-order valence-corrected chi connectivity index (χ2v) is 4.13. The second kappa shape index (κ2) is 3.90. The Labute approximate surface area is 95.9 Å². The summed E-state index contributed by atoms with van der Waals surface area (Å²) < 4.78 is 1.06. The number of rotatable bonds is 1. The van der Waals surface area contributed by atoms with Gasteiger partial charge in [-0.25, -0.2) is 4.99 Å². The Morgan fingerprint density at radius 3 is 2.40 bits per heavy atom. The predicted molar refractivity (Wildman–Crippen MR) is 67.1 cm³/mol. The Bertz CT molecular complexity index is 530. The maximum absolute atomic E-state index is 5.31. The number of fused-ring (bicyclic) bond motifs is 1. The molecule has 76 valence electrons. The van der Waals surface area contributed by atoms with Gasteiger partial charge in [-0.1, -0.05) is 28.1 Å². The first kappa shape index (κ1) is 9.98. The number of halogens is 1. The molecule has 0 aliphatic carbocycles. The van der Waals surface area contributed by atoms with Gasteiger partial charge in [-0.15, -0.1) is 0 Å². The maximum Gasteiger partial charge on any atom is 0.191 e. The molecule has 4 heteroatoms. The summed E-state index contributed by atoms with van der Waals surface area (Å²) in [4.78, 5) is 3.99. The first-order valence-electron chi connectivity index (χ1n) is 4.44. The molecular weight excluding hydrogens is 254 g/mol. The Hall–Kier alpha value is -1.55. The van der Waals surface area contributed by atoms with E-state index in [1.807, 2.05) is 30.3 Å². The molecule has 0 fully saturated rings. The van der Waals surface area contributed by atoms with Crippen LogP contribution in [0.1, 0.15) is 0 Å². The van der Waals surface area contributed by atoms with Gasteiger partial charge in [0.15, 0.2) is 5.96 Å². The first-order valence-corrected chi connectivity index (χ1v) is 5.23. The standard InChI is InChI=1S/C11H10BrN3/c12-9-3-1-8-6-10(15-11(13)14)4-2-7(8)5-9/h1-6H,(H4,13,14,15). The van der Waals surface area contributed by atoms with Crippen molar-refractivity contribution in [3.05, 3.63) is 40.9 Å². The van der Waals surface area contributed by atoms with Crippen LogP contribution in [0, 0.1) is 0 Å². The monoisotopic (exact) mass is 263 g/mol. The summed E-state index contributed by atoms with van der Waals surface area (Å²) in [5.74, 6) is 0.0754. The average Bonchev–Trinajstić information content (AvgIpc) is 2.17. The van der Waals surface area contributed by atoms with Crippen LogP contribution < -0.4 is 11.5 Å². The molecule has 0 aliphatic rings. The molecular formula is C11H10BrN3. The van der Waals surface area contributed by atoms with Gasteiger partial charge in [0.25, 0.3) is 0 Å². The van der Waals surface area contributed by atoms with Crippen LogP contribution in [0.2, 0.25) is 0 Å². The number of guanidine groups is 1. The normalized spacial score (nSPS) is 10.2. The van der Waals surface area contributed by atoms with E-state index in [2.05, 4.69) is 27.0 Å². The number of hydrogen-bond donors (Lipinski definition) is 2. The number of nitrogens with two attached hydrogens (primary N) is 2. The molecule has 2 rings (SSSR count). The van der Waals surface area contributed by atoms with E-state index in [9.17, 15) is 0 Å². The fourth-order valence-corrected chi connectivity index (χ4v) is 1.80. The summed E-state index contributed by atoms with van der Waals surface area (Å²) in [6, 6.07) is 11.9. The fourth-order valence-electron chi connectivity index (χ4n) is 1.42. The van der Waals surface area contributed by atoms with Gasteiger partial charge in [0.2, 0.25) is 0 Å². The summed E-state index contributed by atoms with van der Waals surface area (Å²) in [6.07, 6.45) is 0. The van der Waals surface area contributed by atoms with E-state index in [-0.39, 0.29) is 5.96 Å². The summed E-state index contributed by atoms with van der Waals surface area (Å²) in [6.45, 7) is 0. The maximum atomic E-state index is 5.31. The lowest BCUT2D eigenvalue weighted by atomic mass is 10.1. The number of hydrogen-bond acceptors (Lipinski definition) is 1. The summed E-state index contributed by atoms with van der Waals surface area (Å²) in [7, 11) is 0. The van der Waals surface area contributed by atoms with Gasteiger partial charge in [0.1, 0.15) is 0 Å². The molecule has 0 saturated carbocycles. The Morgan fingerprint density at radius 2 is 1.67 bits per heavy atom. The van der Waals surface area contributed by atoms with Gasteiger partial charge in [0.05, 0.1) is 5.69 Å². The summed E-state index contributed by atoms with van der Waals surface area (Å²) in [5, 5.41) is 2.26. The molecule has 0 atom stereocenters. The first-order chi connectivity index (χ1) is 7.15. The molecule has 0 aliphatic heterocycles. The highest BCUT2D eigenvalue weighted by atomic mass is 79.9. The second-order valence-electron chi connectivity index (χ2n) is 3.21. The molecule has 2 aromatic rings. The van der Waals surface area contributed by atoms with Gasteiger partial charge in [-0.05, 0) is 35.0 Å². The fraction of sp³-hybridized carbons (Fsp3) is 0. The van der Waals surface area contributed by atoms with Crippen LogP contribution in [-0.2, 0) is 0 Å². The van der Waals surface area contributed by atoms with E-state index in [1.54, 1.807) is 0 Å². The van der Waals surface area contributed by atoms with Gasteiger partial charge < -0.3 is 11.5 Å². The van der Waals surface area contributed by atoms with Crippen molar-refractivity contribution in [2.24, 2.45) is 16.5 Å². The third-order valence-electron chi connectivity index (χ3n) is 2.04. The summed E-state index contributed by atoms with van der Waals surface area (Å²) >= 11 is 3.42. The van der Waals surface area contributed by atoms with Crippen LogP contribution in [0.4, 0.5) is 5.69 Å². The van der Waals surface area contributed by atoms with E-state index >= 15 is 0 Å². The molecule has 0 radical (unpaired) electrons. The smallest absolute Gasteiger partial charge is 0.191 e. The van der Waals surface area contributed by atoms with Crippen molar-refractivity contribution in [2.75, 3.05) is 0 Å². The molecule has 0 spiro atoms. The van der Waals surface area contributed by atoms with Gasteiger partial charge in [-0.3, -0.25) is 0 Å². The molecule has 0 heterocycles. The molecule has 0 saturated heterocycles. The molecule has 0 unspecified atom stereocenters. The van der Waals surface area contributed by atoms with Crippen molar-refractivity contribution in [2.45, 2.75) is 0 Å². The van der Waals surface area contributed by atoms with Gasteiger partial charge in [-0.2, -0.15) is 0 Å². The summed E-state index contributed by atoms with van der Waals surface area (Å²) in [5.41, 5.74) is 11.4. The highest BCUT2D eigenvalue weighted by molar-refractivity contribution is 9.10. The van der Waals surface area contributed by atoms with Crippen molar-refractivity contribution in [1.29, 1.82) is 0 Å². The Morgan fingerprint density at radius 1 is 1.00 bits per heavy atom. The highest BCUT2D eigenvalue weighted by Gasteiger charge is 1.96. The zero-order valence-corrected chi connectivity index (χ0v) is 9.53. The van der Waals surface area contributed by atoms with Crippen LogP contribution in [0.5, 0.6) is 0 Å². The minimum atomic E-state index is 0.0754. The third kappa shape index (κ3) is 2.27. The predicted octanol–water partition coefficient (Wildman–Crippen LogP) is 2.51. The van der Waals surface area contributed by atoms with Crippen molar-refractivity contribution in [3.8, 4) is 0 Å². The van der Waals surface area contributed by atoms with E-state index in [4.69, 9.17) is 11.5 Å². The molecule has 0 amide bonds. The average molecular weight is 264 g/mol. The van der Waals surface area contributed by atoms with Crippen molar-refractivity contribution in [3.63, 3.8) is 0 Å². The van der Waals surface area contributed by atoms with Gasteiger partial charge >= 0.3 is 0 Å². The van der Waals surface area contributed by atoms with Crippen LogP contribution >= 0.6 is 15.9 Å². The molecule has 0 aromatic heterocycles. The third-order valence-corrected chi connectivity index (χ3v) is 2.54. The Balaban J connectivity index is 2.57. The van der Waals surface area contributed by atoms with E-state index in [0.717, 1.165) is 20.9 Å². The molecule has 4 N–H and O–H groups in total. The quantitative estimate of drug-likeness (QED) is 0.614. The zero-order valence-electron chi connectivity index (χ0n) is 7.94. The SMILES string of the molecule is NC(N)=Nc1ccc2cc(Br)ccc2c1. The molecule has 0 bridgehead atoms.